The van der Waals surface area contributed by atoms with Crippen LogP contribution >= 0.6 is 0 Å². The molecule has 0 saturated heterocycles. The molecule has 0 fully saturated rings. The van der Waals surface area contributed by atoms with Gasteiger partial charge in [-0.2, -0.15) is 0 Å². The molecule has 0 unspecified atom stereocenters. The number of nitrogens with one attached hydrogen (secondary N) is 1. The van der Waals surface area contributed by atoms with Crippen LogP contribution < -0.4 is 5.32 Å². The second-order valence-corrected chi connectivity index (χ2v) is 5.39. The lowest BCUT2D eigenvalue weighted by atomic mass is 9.79. The van der Waals surface area contributed by atoms with Gasteiger partial charge in [-0.05, 0) is 27.3 Å². The highest BCUT2D eigenvalue weighted by atomic mass is 16.2. The van der Waals surface area contributed by atoms with Gasteiger partial charge >= 0.3 is 0 Å². The van der Waals surface area contributed by atoms with E-state index in [0.717, 1.165) is 6.42 Å². The van der Waals surface area contributed by atoms with E-state index in [0.29, 0.717) is 0 Å². The Morgan fingerprint density at radius 2 is 1.64 bits per heavy atom. The smallest absolute Gasteiger partial charge is 0.227 e. The molecule has 0 radical (unpaired) electrons. The summed E-state index contributed by atoms with van der Waals surface area (Å²) in [6, 6.07) is 0. The van der Waals surface area contributed by atoms with E-state index in [1.54, 1.807) is 19.0 Å². The van der Waals surface area contributed by atoms with E-state index in [9.17, 15) is 4.79 Å². The van der Waals surface area contributed by atoms with Gasteiger partial charge in [0.05, 0.1) is 0 Å². The molecule has 0 aromatic heterocycles. The van der Waals surface area contributed by atoms with E-state index in [1.165, 1.54) is 0 Å². The predicted molar refractivity (Wildman–Crippen MR) is 60.2 cm³/mol. The highest BCUT2D eigenvalue weighted by molar-refractivity contribution is 5.81. The zero-order chi connectivity index (χ0) is 11.6. The van der Waals surface area contributed by atoms with Gasteiger partial charge in [0.15, 0.2) is 0 Å². The fourth-order valence-corrected chi connectivity index (χ4v) is 1.87. The van der Waals surface area contributed by atoms with Gasteiger partial charge in [-0.1, -0.05) is 13.8 Å². The first-order valence-electron chi connectivity index (χ1n) is 5.03. The Kier molecular flexibility index (Phi) is 4.13. The molecule has 0 atom stereocenters. The van der Waals surface area contributed by atoms with Crippen LogP contribution in [0.25, 0.3) is 0 Å². The summed E-state index contributed by atoms with van der Waals surface area (Å²) in [5, 5.41) is 3.22. The first-order chi connectivity index (χ1) is 6.12. The van der Waals surface area contributed by atoms with Crippen molar-refractivity contribution in [1.82, 2.24) is 10.2 Å². The first-order valence-corrected chi connectivity index (χ1v) is 5.03. The van der Waals surface area contributed by atoms with E-state index in [-0.39, 0.29) is 16.9 Å². The second kappa shape index (κ2) is 4.30. The monoisotopic (exact) mass is 200 g/mol. The van der Waals surface area contributed by atoms with Crippen LogP contribution in [0.3, 0.4) is 0 Å². The summed E-state index contributed by atoms with van der Waals surface area (Å²) < 4.78 is 0. The average molecular weight is 200 g/mol. The van der Waals surface area contributed by atoms with Crippen LogP contribution in [0.5, 0.6) is 0 Å². The third-order valence-electron chi connectivity index (χ3n) is 2.55. The zero-order valence-electron chi connectivity index (χ0n) is 10.6. The Bertz CT molecular complexity index is 207. The number of carbonyl (C=O) groups excluding carboxylic acids is 1. The van der Waals surface area contributed by atoms with Crippen molar-refractivity contribution in [3.8, 4) is 0 Å². The summed E-state index contributed by atoms with van der Waals surface area (Å²) in [7, 11) is 5.53. The molecule has 0 aliphatic heterocycles. The Balaban J connectivity index is 4.56. The number of rotatable bonds is 4. The second-order valence-electron chi connectivity index (χ2n) is 5.39. The Morgan fingerprint density at radius 3 is 1.93 bits per heavy atom. The van der Waals surface area contributed by atoms with Gasteiger partial charge in [0.25, 0.3) is 0 Å². The van der Waals surface area contributed by atoms with Gasteiger partial charge in [0.2, 0.25) is 5.91 Å². The molecule has 0 aromatic carbocycles. The fraction of sp³-hybridized carbons (Fsp3) is 0.909. The van der Waals surface area contributed by atoms with Crippen LogP contribution in [0, 0.1) is 5.41 Å². The SMILES string of the molecule is CNC(C)(C)CC(C)(C)C(=O)N(C)C. The van der Waals surface area contributed by atoms with Gasteiger partial charge in [-0.3, -0.25) is 4.79 Å². The molecule has 1 amide bonds. The molecular formula is C11H24N2O. The summed E-state index contributed by atoms with van der Waals surface area (Å²) in [5.41, 5.74) is -0.314. The van der Waals surface area contributed by atoms with Gasteiger partial charge in [0, 0.05) is 25.0 Å². The number of nitrogens with zero attached hydrogens (tertiary/aromatic N) is 1. The Hall–Kier alpha value is -0.570. The van der Waals surface area contributed by atoms with Crippen LogP contribution in [-0.4, -0.2) is 37.5 Å². The normalized spacial score (nSPS) is 12.8. The highest BCUT2D eigenvalue weighted by Gasteiger charge is 2.34. The number of amides is 1. The summed E-state index contributed by atoms with van der Waals surface area (Å²) in [6.45, 7) is 8.21. The van der Waals surface area contributed by atoms with Crippen molar-refractivity contribution in [3.63, 3.8) is 0 Å². The molecular weight excluding hydrogens is 176 g/mol. The molecule has 0 rings (SSSR count). The van der Waals surface area contributed by atoms with E-state index in [1.807, 2.05) is 20.9 Å². The minimum atomic E-state index is -0.310. The maximum Gasteiger partial charge on any atom is 0.227 e. The fourth-order valence-electron chi connectivity index (χ4n) is 1.87. The minimum absolute atomic E-state index is 0.00479. The van der Waals surface area contributed by atoms with Crippen molar-refractivity contribution in [2.24, 2.45) is 5.41 Å². The third kappa shape index (κ3) is 3.66. The molecule has 0 spiro atoms. The maximum absolute atomic E-state index is 11.9. The number of carbonyl (C=O) groups is 1. The zero-order valence-corrected chi connectivity index (χ0v) is 10.6. The lowest BCUT2D eigenvalue weighted by Gasteiger charge is -2.35. The summed E-state index contributed by atoms with van der Waals surface area (Å²) in [5.74, 6) is 0.181. The van der Waals surface area contributed by atoms with Gasteiger partial charge in [-0.15, -0.1) is 0 Å². The van der Waals surface area contributed by atoms with Gasteiger partial charge in [0.1, 0.15) is 0 Å². The van der Waals surface area contributed by atoms with E-state index < -0.39 is 0 Å². The van der Waals surface area contributed by atoms with E-state index in [4.69, 9.17) is 0 Å². The van der Waals surface area contributed by atoms with Gasteiger partial charge < -0.3 is 10.2 Å². The molecule has 0 aliphatic carbocycles. The number of hydrogen-bond acceptors (Lipinski definition) is 2. The van der Waals surface area contributed by atoms with Crippen molar-refractivity contribution < 1.29 is 4.79 Å². The topological polar surface area (TPSA) is 32.3 Å². The third-order valence-corrected chi connectivity index (χ3v) is 2.55. The molecule has 1 N–H and O–H groups in total. The van der Waals surface area contributed by atoms with Crippen molar-refractivity contribution in [2.45, 2.75) is 39.7 Å². The Morgan fingerprint density at radius 1 is 1.21 bits per heavy atom. The summed E-state index contributed by atoms with van der Waals surface area (Å²) in [4.78, 5) is 13.5. The van der Waals surface area contributed by atoms with Crippen molar-refractivity contribution in [2.75, 3.05) is 21.1 Å². The van der Waals surface area contributed by atoms with E-state index >= 15 is 0 Å². The standard InChI is InChI=1S/C11H24N2O/c1-10(2,9(14)13(6)7)8-11(3,4)12-5/h12H,8H2,1-7H3. The number of hydrogen-bond donors (Lipinski definition) is 1. The van der Waals surface area contributed by atoms with Crippen LogP contribution in [0.15, 0.2) is 0 Å². The molecule has 84 valence electrons. The minimum Gasteiger partial charge on any atom is -0.348 e. The van der Waals surface area contributed by atoms with E-state index in [2.05, 4.69) is 19.2 Å². The summed E-state index contributed by atoms with van der Waals surface area (Å²) in [6.07, 6.45) is 0.827. The molecule has 0 aliphatic rings. The molecule has 14 heavy (non-hydrogen) atoms. The lowest BCUT2D eigenvalue weighted by molar-refractivity contribution is -0.138. The lowest BCUT2D eigenvalue weighted by Crippen LogP contribution is -2.46. The molecule has 0 heterocycles. The Labute approximate surface area is 87.9 Å². The van der Waals surface area contributed by atoms with Crippen LogP contribution in [0.1, 0.15) is 34.1 Å². The summed E-state index contributed by atoms with van der Waals surface area (Å²) >= 11 is 0. The molecule has 0 aromatic rings. The van der Waals surface area contributed by atoms with Crippen molar-refractivity contribution >= 4 is 5.91 Å². The molecule has 0 saturated carbocycles. The maximum atomic E-state index is 11.9. The van der Waals surface area contributed by atoms with Crippen LogP contribution in [-0.2, 0) is 4.79 Å². The highest BCUT2D eigenvalue weighted by Crippen LogP contribution is 2.29. The largest absolute Gasteiger partial charge is 0.348 e. The average Bonchev–Trinajstić information content (AvgIpc) is 2.01. The molecule has 3 heteroatoms. The van der Waals surface area contributed by atoms with Crippen molar-refractivity contribution in [1.29, 1.82) is 0 Å². The van der Waals surface area contributed by atoms with Crippen LogP contribution in [0.4, 0.5) is 0 Å². The predicted octanol–water partition coefficient (Wildman–Crippen LogP) is 1.49. The van der Waals surface area contributed by atoms with Gasteiger partial charge in [-0.25, -0.2) is 0 Å². The van der Waals surface area contributed by atoms with Crippen molar-refractivity contribution in [3.05, 3.63) is 0 Å². The molecule has 0 bridgehead atoms. The van der Waals surface area contributed by atoms with Crippen LogP contribution in [0.2, 0.25) is 0 Å². The first kappa shape index (κ1) is 13.4. The quantitative estimate of drug-likeness (QED) is 0.745. The molecule has 3 nitrogen and oxygen atoms in total.